The summed E-state index contributed by atoms with van der Waals surface area (Å²) in [4.78, 5) is 2.37. The fourth-order valence-corrected chi connectivity index (χ4v) is 9.48. The molecule has 0 saturated carbocycles. The van der Waals surface area contributed by atoms with Crippen LogP contribution >= 0.6 is 0 Å². The Morgan fingerprint density at radius 1 is 0.274 bits per heavy atom. The van der Waals surface area contributed by atoms with Gasteiger partial charge in [-0.2, -0.15) is 0 Å². The summed E-state index contributed by atoms with van der Waals surface area (Å²) >= 11 is 0. The van der Waals surface area contributed by atoms with Gasteiger partial charge in [0.25, 0.3) is 0 Å². The van der Waals surface area contributed by atoms with E-state index in [1.807, 2.05) is 24.3 Å². The second-order valence-corrected chi connectivity index (χ2v) is 16.0. The van der Waals surface area contributed by atoms with E-state index in [4.69, 9.17) is 13.3 Å². The van der Waals surface area contributed by atoms with Gasteiger partial charge in [0.05, 0.1) is 5.69 Å². The Labute approximate surface area is 356 Å². The quantitative estimate of drug-likeness (QED) is 0.168. The molecular weight excluding hydrogens is 759 g/mol. The van der Waals surface area contributed by atoms with Gasteiger partial charge in [0.2, 0.25) is 0 Å². The zero-order valence-corrected chi connectivity index (χ0v) is 33.4. The number of para-hydroxylation sites is 3. The lowest BCUT2D eigenvalue weighted by Gasteiger charge is -2.28. The smallest absolute Gasteiger partial charge is 0.136 e. The first kappa shape index (κ1) is 34.5. The van der Waals surface area contributed by atoms with Crippen LogP contribution in [0.1, 0.15) is 0 Å². The highest BCUT2D eigenvalue weighted by atomic mass is 16.3. The molecule has 0 aliphatic rings. The summed E-state index contributed by atoms with van der Waals surface area (Å²) in [5.41, 5.74) is 15.2. The van der Waals surface area contributed by atoms with Crippen molar-refractivity contribution in [1.29, 1.82) is 0 Å². The molecule has 0 aliphatic carbocycles. The van der Waals surface area contributed by atoms with Crippen LogP contribution in [0, 0.1) is 0 Å². The molecule has 3 aromatic heterocycles. The van der Waals surface area contributed by atoms with Gasteiger partial charge in [-0.1, -0.05) is 127 Å². The second-order valence-electron chi connectivity index (χ2n) is 16.0. The Kier molecular flexibility index (Phi) is 7.57. The van der Waals surface area contributed by atoms with Crippen molar-refractivity contribution in [1.82, 2.24) is 0 Å². The Hall–Kier alpha value is -8.34. The summed E-state index contributed by atoms with van der Waals surface area (Å²) < 4.78 is 19.0. The lowest BCUT2D eigenvalue weighted by atomic mass is 9.96. The fourth-order valence-electron chi connectivity index (χ4n) is 9.48. The van der Waals surface area contributed by atoms with E-state index in [0.29, 0.717) is 0 Å². The number of fused-ring (bicyclic) bond motifs is 10. The third-order valence-electron chi connectivity index (χ3n) is 12.5. The van der Waals surface area contributed by atoms with E-state index in [1.165, 1.54) is 5.39 Å². The van der Waals surface area contributed by atoms with E-state index in [-0.39, 0.29) is 0 Å². The number of anilines is 3. The highest BCUT2D eigenvalue weighted by Gasteiger charge is 2.21. The van der Waals surface area contributed by atoms with E-state index < -0.39 is 0 Å². The number of nitrogens with zero attached hydrogens (tertiary/aromatic N) is 1. The predicted molar refractivity (Wildman–Crippen MR) is 257 cm³/mol. The molecule has 62 heavy (non-hydrogen) atoms. The molecule has 0 unspecified atom stereocenters. The number of hydrogen-bond acceptors (Lipinski definition) is 4. The molecule has 0 N–H and O–H groups in total. The Morgan fingerprint density at radius 3 is 1.53 bits per heavy atom. The monoisotopic (exact) mass is 793 g/mol. The van der Waals surface area contributed by atoms with Gasteiger partial charge in [0.15, 0.2) is 0 Å². The first-order valence-electron chi connectivity index (χ1n) is 21.0. The molecule has 13 rings (SSSR count). The molecule has 0 bridgehead atoms. The predicted octanol–water partition coefficient (Wildman–Crippen LogP) is 17.0. The minimum Gasteiger partial charge on any atom is -0.456 e. The number of hydrogen-bond donors (Lipinski definition) is 0. The van der Waals surface area contributed by atoms with Gasteiger partial charge in [-0.05, 0) is 124 Å². The molecule has 0 radical (unpaired) electrons. The van der Waals surface area contributed by atoms with E-state index in [9.17, 15) is 0 Å². The molecule has 4 heteroatoms. The summed E-state index contributed by atoms with van der Waals surface area (Å²) in [6.45, 7) is 0. The van der Waals surface area contributed by atoms with Crippen LogP contribution in [0.4, 0.5) is 17.1 Å². The first-order chi connectivity index (χ1) is 30.7. The maximum atomic E-state index is 6.57. The summed E-state index contributed by atoms with van der Waals surface area (Å²) in [6.07, 6.45) is 0. The molecule has 0 aliphatic heterocycles. The molecule has 0 fully saturated rings. The van der Waals surface area contributed by atoms with Crippen LogP contribution < -0.4 is 4.90 Å². The van der Waals surface area contributed by atoms with Crippen LogP contribution in [-0.2, 0) is 0 Å². The largest absolute Gasteiger partial charge is 0.456 e. The van der Waals surface area contributed by atoms with Crippen molar-refractivity contribution in [3.05, 3.63) is 212 Å². The number of furan rings is 3. The van der Waals surface area contributed by atoms with Gasteiger partial charge in [0, 0.05) is 49.3 Å². The lowest BCUT2D eigenvalue weighted by Crippen LogP contribution is -2.11. The highest BCUT2D eigenvalue weighted by molar-refractivity contribution is 6.17. The van der Waals surface area contributed by atoms with Gasteiger partial charge in [-0.15, -0.1) is 0 Å². The molecular formula is C58H35NO3. The van der Waals surface area contributed by atoms with E-state index in [2.05, 4.69) is 193 Å². The summed E-state index contributed by atoms with van der Waals surface area (Å²) in [5.74, 6) is 0. The standard InChI is InChI=1S/C58H35NO3/c1-2-11-39-34-57-50(33-38(39)10-1)58-48(15-9-19-55(58)62-57)44-12-3-6-16-51(44)59(42-26-20-36(21-27-42)40-25-31-54-49(32-40)46-14-5-8-18-53(46)60-54)43-28-22-37(23-29-43)41-24-30-47-45-13-4-7-17-52(45)61-56(47)35-41/h1-35H. The first-order valence-corrected chi connectivity index (χ1v) is 21.0. The topological polar surface area (TPSA) is 42.7 Å². The maximum Gasteiger partial charge on any atom is 0.136 e. The van der Waals surface area contributed by atoms with Crippen molar-refractivity contribution in [3.8, 4) is 33.4 Å². The molecule has 3 heterocycles. The van der Waals surface area contributed by atoms with Gasteiger partial charge in [0.1, 0.15) is 33.5 Å². The molecule has 0 atom stereocenters. The van der Waals surface area contributed by atoms with Crippen LogP contribution in [0.3, 0.4) is 0 Å². The van der Waals surface area contributed by atoms with Crippen molar-refractivity contribution >= 4 is 93.7 Å². The van der Waals surface area contributed by atoms with Crippen LogP contribution in [0.2, 0.25) is 0 Å². The van der Waals surface area contributed by atoms with Gasteiger partial charge in [-0.3, -0.25) is 0 Å². The number of benzene rings is 10. The van der Waals surface area contributed by atoms with E-state index in [0.717, 1.165) is 122 Å². The molecule has 0 saturated heterocycles. The van der Waals surface area contributed by atoms with Gasteiger partial charge < -0.3 is 18.2 Å². The Morgan fingerprint density at radius 2 is 0.774 bits per heavy atom. The molecule has 10 aromatic carbocycles. The summed E-state index contributed by atoms with van der Waals surface area (Å²) in [7, 11) is 0. The molecule has 0 spiro atoms. The Balaban J connectivity index is 0.957. The van der Waals surface area contributed by atoms with Crippen LogP contribution in [-0.4, -0.2) is 0 Å². The minimum atomic E-state index is 0.867. The fraction of sp³-hybridized carbons (Fsp3) is 0. The molecule has 4 nitrogen and oxygen atoms in total. The third kappa shape index (κ3) is 5.47. The van der Waals surface area contributed by atoms with Crippen LogP contribution in [0.25, 0.3) is 110 Å². The molecule has 290 valence electrons. The van der Waals surface area contributed by atoms with Crippen molar-refractivity contribution < 1.29 is 13.3 Å². The van der Waals surface area contributed by atoms with E-state index >= 15 is 0 Å². The van der Waals surface area contributed by atoms with Crippen molar-refractivity contribution in [2.24, 2.45) is 0 Å². The number of rotatable bonds is 6. The van der Waals surface area contributed by atoms with E-state index in [1.54, 1.807) is 0 Å². The highest BCUT2D eigenvalue weighted by Crippen LogP contribution is 2.46. The van der Waals surface area contributed by atoms with Gasteiger partial charge in [-0.25, -0.2) is 0 Å². The lowest BCUT2D eigenvalue weighted by molar-refractivity contribution is 0.668. The van der Waals surface area contributed by atoms with Crippen LogP contribution in [0.15, 0.2) is 226 Å². The average Bonchev–Trinajstić information content (AvgIpc) is 4.02. The van der Waals surface area contributed by atoms with Gasteiger partial charge >= 0.3 is 0 Å². The molecule has 13 aromatic rings. The SMILES string of the molecule is c1ccc(N(c2ccc(-c3ccc4c(c3)oc3ccccc34)cc2)c2ccc(-c3ccc4oc5ccccc5c4c3)cc2)c(-c2cccc3oc4cc5ccccc5cc4c23)c1. The average molecular weight is 794 g/mol. The maximum absolute atomic E-state index is 6.57. The summed E-state index contributed by atoms with van der Waals surface area (Å²) in [5, 5.41) is 9.06. The third-order valence-corrected chi connectivity index (χ3v) is 12.5. The zero-order valence-electron chi connectivity index (χ0n) is 33.4. The second kappa shape index (κ2) is 13.6. The zero-order chi connectivity index (χ0) is 40.7. The minimum absolute atomic E-state index is 0.867. The molecule has 0 amide bonds. The van der Waals surface area contributed by atoms with Crippen molar-refractivity contribution in [2.45, 2.75) is 0 Å². The summed E-state index contributed by atoms with van der Waals surface area (Å²) in [6, 6.07) is 75.2. The normalized spacial score (nSPS) is 11.9. The van der Waals surface area contributed by atoms with Crippen molar-refractivity contribution in [3.63, 3.8) is 0 Å². The Bertz CT molecular complexity index is 3870. The van der Waals surface area contributed by atoms with Crippen molar-refractivity contribution in [2.75, 3.05) is 4.90 Å². The van der Waals surface area contributed by atoms with Crippen LogP contribution in [0.5, 0.6) is 0 Å².